The Morgan fingerprint density at radius 1 is 1.14 bits per heavy atom. The van der Waals surface area contributed by atoms with Gasteiger partial charge in [-0.15, -0.1) is 11.3 Å². The van der Waals surface area contributed by atoms with E-state index < -0.39 is 6.04 Å². The molecular weight excluding hydrogens is 404 g/mol. The molecule has 1 atom stereocenters. The molecule has 0 radical (unpaired) electrons. The third kappa shape index (κ3) is 4.23. The molecule has 7 heteroatoms. The molecule has 1 N–H and O–H groups in total. The van der Waals surface area contributed by atoms with Crippen LogP contribution in [0.3, 0.4) is 0 Å². The van der Waals surface area contributed by atoms with Gasteiger partial charge in [0.15, 0.2) is 0 Å². The molecule has 0 bridgehead atoms. The van der Waals surface area contributed by atoms with Crippen molar-refractivity contribution < 1.29 is 4.79 Å². The van der Waals surface area contributed by atoms with Crippen molar-refractivity contribution in [2.75, 3.05) is 0 Å². The van der Waals surface area contributed by atoms with Crippen molar-refractivity contribution in [1.29, 1.82) is 0 Å². The number of hydrogen-bond acceptors (Lipinski definition) is 4. The molecule has 0 saturated carbocycles. The van der Waals surface area contributed by atoms with Crippen molar-refractivity contribution in [3.05, 3.63) is 94.0 Å². The lowest BCUT2D eigenvalue weighted by Gasteiger charge is -2.18. The number of carbonyl (C=O) groups excluding carboxylic acids is 1. The van der Waals surface area contributed by atoms with Crippen molar-refractivity contribution in [3.8, 4) is 10.6 Å². The third-order valence-corrected chi connectivity index (χ3v) is 5.77. The topological polar surface area (TPSA) is 59.8 Å². The first-order valence-corrected chi connectivity index (χ1v) is 10.3. The van der Waals surface area contributed by atoms with Crippen LogP contribution < -0.4 is 5.32 Å². The molecule has 1 amide bonds. The fraction of sp³-hybridized carbons (Fsp3) is 0.136. The Kier molecular flexibility index (Phi) is 5.47. The molecule has 2 aromatic heterocycles. The second kappa shape index (κ2) is 8.19. The van der Waals surface area contributed by atoms with Crippen LogP contribution in [0.2, 0.25) is 5.02 Å². The summed E-state index contributed by atoms with van der Waals surface area (Å²) in [7, 11) is 1.90. The summed E-state index contributed by atoms with van der Waals surface area (Å²) >= 11 is 7.48. The Hall–Kier alpha value is -2.96. The van der Waals surface area contributed by atoms with Crippen LogP contribution in [0.4, 0.5) is 0 Å². The van der Waals surface area contributed by atoms with Gasteiger partial charge in [-0.2, -0.15) is 0 Å². The molecule has 0 saturated heterocycles. The number of nitrogens with one attached hydrogen (secondary N) is 1. The van der Waals surface area contributed by atoms with E-state index in [4.69, 9.17) is 11.6 Å². The van der Waals surface area contributed by atoms with E-state index in [2.05, 4.69) is 15.3 Å². The first kappa shape index (κ1) is 19.4. The zero-order valence-corrected chi connectivity index (χ0v) is 17.5. The largest absolute Gasteiger partial charge is 0.337 e. The third-order valence-electron chi connectivity index (χ3n) is 4.63. The number of halogens is 1. The van der Waals surface area contributed by atoms with Crippen molar-refractivity contribution in [3.63, 3.8) is 0 Å². The molecule has 2 aromatic carbocycles. The van der Waals surface area contributed by atoms with Gasteiger partial charge in [0, 0.05) is 35.4 Å². The minimum Gasteiger partial charge on any atom is -0.337 e. The monoisotopic (exact) mass is 422 g/mol. The second-order valence-corrected chi connectivity index (χ2v) is 8.05. The number of imidazole rings is 1. The lowest BCUT2D eigenvalue weighted by atomic mass is 10.1. The van der Waals surface area contributed by atoms with Gasteiger partial charge in [-0.25, -0.2) is 9.97 Å². The molecule has 0 aliphatic rings. The van der Waals surface area contributed by atoms with E-state index in [0.717, 1.165) is 22.0 Å². The molecule has 0 aliphatic carbocycles. The predicted molar refractivity (Wildman–Crippen MR) is 116 cm³/mol. The number of nitrogens with zero attached hydrogens (tertiary/aromatic N) is 3. The summed E-state index contributed by atoms with van der Waals surface area (Å²) in [5, 5.41) is 6.30. The Morgan fingerprint density at radius 2 is 1.86 bits per heavy atom. The Balaban J connectivity index is 1.61. The fourth-order valence-corrected chi connectivity index (χ4v) is 3.95. The van der Waals surface area contributed by atoms with E-state index in [1.807, 2.05) is 61.1 Å². The number of carbonyl (C=O) groups is 1. The first-order valence-electron chi connectivity index (χ1n) is 9.07. The number of amides is 1. The van der Waals surface area contributed by atoms with Crippen LogP contribution in [0.25, 0.3) is 10.6 Å². The van der Waals surface area contributed by atoms with Crippen LogP contribution in [0.15, 0.2) is 66.3 Å². The van der Waals surface area contributed by atoms with E-state index in [1.54, 1.807) is 23.7 Å². The van der Waals surface area contributed by atoms with E-state index in [0.29, 0.717) is 10.7 Å². The van der Waals surface area contributed by atoms with Crippen LogP contribution in [0, 0.1) is 6.92 Å². The van der Waals surface area contributed by atoms with Crippen molar-refractivity contribution in [2.24, 2.45) is 7.05 Å². The maximum absolute atomic E-state index is 13.0. The molecule has 5 nitrogen and oxygen atoms in total. The lowest BCUT2D eigenvalue weighted by Crippen LogP contribution is -2.31. The normalized spacial score (nSPS) is 12.0. The van der Waals surface area contributed by atoms with Gasteiger partial charge in [0.2, 0.25) is 0 Å². The number of hydrogen-bond donors (Lipinski definition) is 1. The molecule has 4 aromatic rings. The van der Waals surface area contributed by atoms with Crippen LogP contribution in [-0.2, 0) is 7.05 Å². The number of thiazole rings is 1. The van der Waals surface area contributed by atoms with Gasteiger partial charge < -0.3 is 9.88 Å². The average molecular weight is 423 g/mol. The highest BCUT2D eigenvalue weighted by Gasteiger charge is 2.23. The van der Waals surface area contributed by atoms with Gasteiger partial charge in [0.25, 0.3) is 5.91 Å². The number of aryl methyl sites for hydroxylation is 2. The van der Waals surface area contributed by atoms with E-state index >= 15 is 0 Å². The quantitative estimate of drug-likeness (QED) is 0.491. The Bertz CT molecular complexity index is 1130. The van der Waals surface area contributed by atoms with Crippen LogP contribution in [-0.4, -0.2) is 20.4 Å². The summed E-state index contributed by atoms with van der Waals surface area (Å²) in [5.74, 6) is 0.484. The molecule has 0 spiro atoms. The summed E-state index contributed by atoms with van der Waals surface area (Å²) in [5.41, 5.74) is 3.46. The van der Waals surface area contributed by atoms with E-state index in [-0.39, 0.29) is 5.91 Å². The Morgan fingerprint density at radius 3 is 2.52 bits per heavy atom. The molecular formula is C22H19ClN4OS. The van der Waals surface area contributed by atoms with Gasteiger partial charge in [-0.05, 0) is 24.6 Å². The van der Waals surface area contributed by atoms with Gasteiger partial charge in [0.1, 0.15) is 22.6 Å². The van der Waals surface area contributed by atoms with E-state index in [9.17, 15) is 4.79 Å². The second-order valence-electron chi connectivity index (χ2n) is 6.76. The predicted octanol–water partition coefficient (Wildman–Crippen LogP) is 5.02. The minimum atomic E-state index is -0.413. The lowest BCUT2D eigenvalue weighted by molar-refractivity contribution is 0.0937. The highest BCUT2D eigenvalue weighted by Crippen LogP contribution is 2.26. The van der Waals surface area contributed by atoms with Gasteiger partial charge >= 0.3 is 0 Å². The zero-order valence-electron chi connectivity index (χ0n) is 16.0. The van der Waals surface area contributed by atoms with E-state index in [1.165, 1.54) is 16.9 Å². The van der Waals surface area contributed by atoms with Crippen LogP contribution >= 0.6 is 22.9 Å². The minimum absolute atomic E-state index is 0.248. The SMILES string of the molecule is Cc1ccc(-c2nc(C(=O)N[C@H](c3ccc(Cl)cc3)c3nccn3C)cs2)cc1. The summed E-state index contributed by atoms with van der Waals surface area (Å²) in [6.07, 6.45) is 3.56. The highest BCUT2D eigenvalue weighted by atomic mass is 35.5. The maximum Gasteiger partial charge on any atom is 0.271 e. The molecule has 4 rings (SSSR count). The summed E-state index contributed by atoms with van der Waals surface area (Å²) < 4.78 is 1.89. The molecule has 0 aliphatic heterocycles. The molecule has 2 heterocycles. The van der Waals surface area contributed by atoms with Gasteiger partial charge in [-0.3, -0.25) is 4.79 Å². The first-order chi connectivity index (χ1) is 14.0. The average Bonchev–Trinajstić information content (AvgIpc) is 3.37. The summed E-state index contributed by atoms with van der Waals surface area (Å²) in [4.78, 5) is 21.9. The molecule has 0 fully saturated rings. The smallest absolute Gasteiger partial charge is 0.271 e. The maximum atomic E-state index is 13.0. The van der Waals surface area contributed by atoms with Gasteiger partial charge in [0.05, 0.1) is 0 Å². The summed E-state index contributed by atoms with van der Waals surface area (Å²) in [6.45, 7) is 2.04. The molecule has 0 unspecified atom stereocenters. The standard InChI is InChI=1S/C22H19ClN4OS/c1-14-3-5-16(6-4-14)22-25-18(13-29-22)21(28)26-19(20-24-11-12-27(20)2)15-7-9-17(23)10-8-15/h3-13,19H,1-2H3,(H,26,28)/t19-/m1/s1. The molecule has 29 heavy (non-hydrogen) atoms. The highest BCUT2D eigenvalue weighted by molar-refractivity contribution is 7.13. The fourth-order valence-electron chi connectivity index (χ4n) is 3.02. The number of rotatable bonds is 5. The van der Waals surface area contributed by atoms with Crippen molar-refractivity contribution in [2.45, 2.75) is 13.0 Å². The number of aromatic nitrogens is 3. The van der Waals surface area contributed by atoms with Crippen molar-refractivity contribution >= 4 is 28.8 Å². The zero-order chi connectivity index (χ0) is 20.4. The summed E-state index contributed by atoms with van der Waals surface area (Å²) in [6, 6.07) is 15.1. The number of benzene rings is 2. The Labute approximate surface area is 178 Å². The van der Waals surface area contributed by atoms with Gasteiger partial charge in [-0.1, -0.05) is 53.6 Å². The van der Waals surface area contributed by atoms with Crippen LogP contribution in [0.5, 0.6) is 0 Å². The van der Waals surface area contributed by atoms with Crippen molar-refractivity contribution in [1.82, 2.24) is 19.9 Å². The van der Waals surface area contributed by atoms with Crippen LogP contribution in [0.1, 0.15) is 33.5 Å². The molecule has 146 valence electrons.